The number of unbranched alkanes of at least 4 members (excludes halogenated alkanes) is 8. The van der Waals surface area contributed by atoms with Gasteiger partial charge >= 0.3 is 0 Å². The Balaban J connectivity index is 1.93. The van der Waals surface area contributed by atoms with Gasteiger partial charge in [-0.15, -0.1) is 0 Å². The molecular formula is C20H37O6-. The molecule has 0 spiro atoms. The maximum atomic E-state index is 10.3. The van der Waals surface area contributed by atoms with Gasteiger partial charge in [-0.05, 0) is 33.1 Å². The van der Waals surface area contributed by atoms with E-state index in [0.717, 1.165) is 32.1 Å². The quantitative estimate of drug-likeness (QED) is 0.453. The molecule has 1 fully saturated rings. The van der Waals surface area contributed by atoms with E-state index in [1.807, 2.05) is 6.92 Å². The molecule has 0 bridgehead atoms. The number of aliphatic hydroxyl groups is 2. The fraction of sp³-hybridized carbons (Fsp3) is 0.950. The van der Waals surface area contributed by atoms with Crippen molar-refractivity contribution in [2.24, 2.45) is 0 Å². The molecule has 0 unspecified atom stereocenters. The number of carboxylic acids is 1. The molecule has 0 radical (unpaired) electrons. The summed E-state index contributed by atoms with van der Waals surface area (Å²) in [6, 6.07) is 0. The van der Waals surface area contributed by atoms with E-state index in [9.17, 15) is 20.1 Å². The molecule has 0 saturated carbocycles. The normalized spacial score (nSPS) is 27.4. The van der Waals surface area contributed by atoms with Crippen LogP contribution in [0.4, 0.5) is 0 Å². The van der Waals surface area contributed by atoms with Crippen LogP contribution >= 0.6 is 0 Å². The summed E-state index contributed by atoms with van der Waals surface area (Å²) in [7, 11) is 0. The Kier molecular flexibility index (Phi) is 12.1. The van der Waals surface area contributed by atoms with Gasteiger partial charge < -0.3 is 29.6 Å². The first kappa shape index (κ1) is 23.3. The van der Waals surface area contributed by atoms with Crippen molar-refractivity contribution < 1.29 is 29.6 Å². The van der Waals surface area contributed by atoms with Crippen molar-refractivity contribution in [3.8, 4) is 0 Å². The van der Waals surface area contributed by atoms with Crippen molar-refractivity contribution in [2.75, 3.05) is 0 Å². The number of carbonyl (C=O) groups is 1. The number of hydrogen-bond donors (Lipinski definition) is 2. The van der Waals surface area contributed by atoms with Crippen molar-refractivity contribution in [1.82, 2.24) is 0 Å². The van der Waals surface area contributed by atoms with Crippen LogP contribution in [0.3, 0.4) is 0 Å². The topological polar surface area (TPSA) is 99.1 Å². The molecule has 1 rings (SSSR count). The van der Waals surface area contributed by atoms with Crippen LogP contribution in [0, 0.1) is 0 Å². The van der Waals surface area contributed by atoms with E-state index < -0.39 is 24.5 Å². The number of ether oxygens (including phenoxy) is 2. The van der Waals surface area contributed by atoms with Crippen molar-refractivity contribution in [2.45, 2.75) is 122 Å². The minimum Gasteiger partial charge on any atom is -0.550 e. The molecule has 0 aliphatic carbocycles. The van der Waals surface area contributed by atoms with E-state index in [0.29, 0.717) is 6.42 Å². The van der Waals surface area contributed by atoms with Crippen molar-refractivity contribution >= 4 is 5.97 Å². The average Bonchev–Trinajstić information content (AvgIpc) is 2.57. The summed E-state index contributed by atoms with van der Waals surface area (Å²) in [5.41, 5.74) is 0. The minimum absolute atomic E-state index is 0.0285. The number of aliphatic hydroxyl groups excluding tert-OH is 2. The molecule has 0 amide bonds. The van der Waals surface area contributed by atoms with Crippen molar-refractivity contribution in [3.05, 3.63) is 0 Å². The Labute approximate surface area is 157 Å². The first-order chi connectivity index (χ1) is 12.4. The molecular weight excluding hydrogens is 336 g/mol. The number of rotatable bonds is 14. The molecule has 0 aromatic carbocycles. The number of carboxylic acid groups (broad SMARTS) is 1. The summed E-state index contributed by atoms with van der Waals surface area (Å²) in [6.45, 7) is 3.79. The summed E-state index contributed by atoms with van der Waals surface area (Å²) >= 11 is 0. The van der Waals surface area contributed by atoms with E-state index in [1.165, 1.54) is 32.1 Å². The van der Waals surface area contributed by atoms with Crippen LogP contribution in [-0.4, -0.2) is 46.9 Å². The zero-order valence-electron chi connectivity index (χ0n) is 16.4. The first-order valence-corrected chi connectivity index (χ1v) is 10.3. The first-order valence-electron chi connectivity index (χ1n) is 10.3. The van der Waals surface area contributed by atoms with E-state index in [-0.39, 0.29) is 18.6 Å². The second-order valence-corrected chi connectivity index (χ2v) is 7.62. The predicted molar refractivity (Wildman–Crippen MR) is 97.3 cm³/mol. The van der Waals surface area contributed by atoms with Crippen LogP contribution in [0.25, 0.3) is 0 Å². The van der Waals surface area contributed by atoms with Gasteiger partial charge in [0.05, 0.1) is 18.3 Å². The largest absolute Gasteiger partial charge is 0.550 e. The van der Waals surface area contributed by atoms with Crippen LogP contribution in [0.1, 0.15) is 90.9 Å². The standard InChI is InChI=1S/C20H38O6/c1-15(25-20-18(22)14-17(21)16(2)26-20)12-10-8-6-4-3-5-7-9-11-13-19(23)24/h15-18,20-22H,3-14H2,1-2H3,(H,23,24)/p-1/t15-,16+,17-,18-,20-/m1/s1. The summed E-state index contributed by atoms with van der Waals surface area (Å²) in [5.74, 6) is -0.945. The maximum absolute atomic E-state index is 10.3. The fourth-order valence-corrected chi connectivity index (χ4v) is 3.30. The molecule has 2 N–H and O–H groups in total. The lowest BCUT2D eigenvalue weighted by molar-refractivity contribution is -0.305. The average molecular weight is 374 g/mol. The lowest BCUT2D eigenvalue weighted by Gasteiger charge is -2.36. The number of carbonyl (C=O) groups excluding carboxylic acids is 1. The molecule has 154 valence electrons. The van der Waals surface area contributed by atoms with E-state index in [2.05, 4.69) is 0 Å². The highest BCUT2D eigenvalue weighted by atomic mass is 16.7. The van der Waals surface area contributed by atoms with Gasteiger partial charge in [0.1, 0.15) is 6.10 Å². The van der Waals surface area contributed by atoms with Crippen LogP contribution < -0.4 is 5.11 Å². The minimum atomic E-state index is -0.945. The van der Waals surface area contributed by atoms with Gasteiger partial charge in [0, 0.05) is 12.4 Å². The Morgan fingerprint density at radius 3 is 2.15 bits per heavy atom. The lowest BCUT2D eigenvalue weighted by Crippen LogP contribution is -2.48. The smallest absolute Gasteiger partial charge is 0.184 e. The molecule has 1 aliphatic rings. The molecule has 1 saturated heterocycles. The van der Waals surface area contributed by atoms with Crippen molar-refractivity contribution in [3.63, 3.8) is 0 Å². The van der Waals surface area contributed by atoms with Gasteiger partial charge in [-0.2, -0.15) is 0 Å². The Morgan fingerprint density at radius 1 is 1.04 bits per heavy atom. The summed E-state index contributed by atoms with van der Waals surface area (Å²) in [4.78, 5) is 10.3. The Bertz CT molecular complexity index is 375. The van der Waals surface area contributed by atoms with E-state index in [1.54, 1.807) is 6.92 Å². The van der Waals surface area contributed by atoms with Gasteiger partial charge in [0.25, 0.3) is 0 Å². The van der Waals surface area contributed by atoms with Gasteiger partial charge in [-0.25, -0.2) is 0 Å². The summed E-state index contributed by atoms with van der Waals surface area (Å²) < 4.78 is 11.3. The van der Waals surface area contributed by atoms with Crippen LogP contribution in [0.5, 0.6) is 0 Å². The highest BCUT2D eigenvalue weighted by Gasteiger charge is 2.35. The summed E-state index contributed by atoms with van der Waals surface area (Å²) in [6.07, 6.45) is 8.98. The molecule has 26 heavy (non-hydrogen) atoms. The number of hydrogen-bond acceptors (Lipinski definition) is 6. The molecule has 0 aromatic heterocycles. The second-order valence-electron chi connectivity index (χ2n) is 7.62. The van der Waals surface area contributed by atoms with Crippen LogP contribution in [-0.2, 0) is 14.3 Å². The number of aliphatic carboxylic acids is 1. The predicted octanol–water partition coefficient (Wildman–Crippen LogP) is 2.29. The molecule has 5 atom stereocenters. The zero-order valence-corrected chi connectivity index (χ0v) is 16.4. The van der Waals surface area contributed by atoms with E-state index >= 15 is 0 Å². The third-order valence-corrected chi connectivity index (χ3v) is 5.05. The SMILES string of the molecule is C[C@H](CCCCCCCCCCCC(=O)[O-])O[C@@H]1O[C@@H](C)[C@H](O)C[C@H]1O. The summed E-state index contributed by atoms with van der Waals surface area (Å²) in [5, 5.41) is 29.9. The van der Waals surface area contributed by atoms with Crippen LogP contribution in [0.2, 0.25) is 0 Å². The molecule has 1 heterocycles. The van der Waals surface area contributed by atoms with Gasteiger partial charge in [0.15, 0.2) is 6.29 Å². The van der Waals surface area contributed by atoms with Crippen molar-refractivity contribution in [1.29, 1.82) is 0 Å². The Morgan fingerprint density at radius 2 is 1.58 bits per heavy atom. The highest BCUT2D eigenvalue weighted by Crippen LogP contribution is 2.23. The van der Waals surface area contributed by atoms with Gasteiger partial charge in [-0.1, -0.05) is 51.4 Å². The fourth-order valence-electron chi connectivity index (χ4n) is 3.30. The van der Waals surface area contributed by atoms with Gasteiger partial charge in [0.2, 0.25) is 0 Å². The molecule has 1 aliphatic heterocycles. The second kappa shape index (κ2) is 13.5. The van der Waals surface area contributed by atoms with Gasteiger partial charge in [-0.3, -0.25) is 0 Å². The molecule has 6 nitrogen and oxygen atoms in total. The molecule has 0 aromatic rings. The van der Waals surface area contributed by atoms with Crippen LogP contribution in [0.15, 0.2) is 0 Å². The third-order valence-electron chi connectivity index (χ3n) is 5.05. The Hall–Kier alpha value is -0.690. The third kappa shape index (κ3) is 10.5. The lowest BCUT2D eigenvalue weighted by atomic mass is 10.0. The maximum Gasteiger partial charge on any atom is 0.184 e. The van der Waals surface area contributed by atoms with E-state index in [4.69, 9.17) is 9.47 Å². The molecule has 6 heteroatoms. The monoisotopic (exact) mass is 373 g/mol. The highest BCUT2D eigenvalue weighted by molar-refractivity contribution is 5.63. The zero-order chi connectivity index (χ0) is 19.4.